The molecule has 1 aromatic heterocycles. The van der Waals surface area contributed by atoms with Crippen molar-refractivity contribution in [2.24, 2.45) is 0 Å². The minimum atomic E-state index is -0.526. The molecule has 2 heterocycles. The summed E-state index contributed by atoms with van der Waals surface area (Å²) in [5.74, 6) is 1.19. The number of rotatable bonds is 3. The van der Waals surface area contributed by atoms with Crippen molar-refractivity contribution in [3.8, 4) is 17.3 Å². The highest BCUT2D eigenvalue weighted by atomic mass is 16.6. The van der Waals surface area contributed by atoms with Crippen molar-refractivity contribution in [1.29, 1.82) is 0 Å². The van der Waals surface area contributed by atoms with Crippen LogP contribution in [0.1, 0.15) is 45.9 Å². The lowest BCUT2D eigenvalue weighted by atomic mass is 10.1. The van der Waals surface area contributed by atoms with Gasteiger partial charge in [0.05, 0.1) is 23.9 Å². The molecule has 0 saturated carbocycles. The first-order valence-electron chi connectivity index (χ1n) is 9.33. The van der Waals surface area contributed by atoms with E-state index in [4.69, 9.17) is 14.5 Å². The van der Waals surface area contributed by atoms with Crippen LogP contribution < -0.4 is 4.74 Å². The van der Waals surface area contributed by atoms with Crippen LogP contribution in [-0.4, -0.2) is 39.2 Å². The fourth-order valence-electron chi connectivity index (χ4n) is 2.90. The van der Waals surface area contributed by atoms with Crippen LogP contribution in [-0.2, 0) is 17.7 Å². The van der Waals surface area contributed by atoms with Gasteiger partial charge in [-0.3, -0.25) is 0 Å². The van der Waals surface area contributed by atoms with E-state index in [9.17, 15) is 4.79 Å². The first-order valence-corrected chi connectivity index (χ1v) is 9.33. The van der Waals surface area contributed by atoms with Crippen LogP contribution in [0.15, 0.2) is 30.3 Å². The van der Waals surface area contributed by atoms with Gasteiger partial charge in [-0.05, 0) is 34.6 Å². The third kappa shape index (κ3) is 4.76. The smallest absolute Gasteiger partial charge is 0.410 e. The van der Waals surface area contributed by atoms with Gasteiger partial charge in [0.25, 0.3) is 0 Å². The second-order valence-corrected chi connectivity index (χ2v) is 7.96. The van der Waals surface area contributed by atoms with Crippen LogP contribution >= 0.6 is 0 Å². The van der Waals surface area contributed by atoms with Crippen LogP contribution in [0.2, 0.25) is 0 Å². The maximum Gasteiger partial charge on any atom is 0.410 e. The molecule has 6 nitrogen and oxygen atoms in total. The van der Waals surface area contributed by atoms with E-state index in [-0.39, 0.29) is 12.2 Å². The average molecular weight is 369 g/mol. The van der Waals surface area contributed by atoms with Crippen molar-refractivity contribution < 1.29 is 14.3 Å². The first-order chi connectivity index (χ1) is 12.7. The Morgan fingerprint density at radius 2 is 1.85 bits per heavy atom. The molecule has 144 valence electrons. The fraction of sp³-hybridized carbons (Fsp3) is 0.476. The van der Waals surface area contributed by atoms with Crippen LogP contribution in [0.25, 0.3) is 11.4 Å². The summed E-state index contributed by atoms with van der Waals surface area (Å²) < 4.78 is 11.5. The summed E-state index contributed by atoms with van der Waals surface area (Å²) in [5, 5.41) is 0. The van der Waals surface area contributed by atoms with Crippen LogP contribution in [0, 0.1) is 0 Å². The maximum absolute atomic E-state index is 12.5. The minimum Gasteiger partial charge on any atom is -0.475 e. The zero-order valence-corrected chi connectivity index (χ0v) is 16.7. The summed E-state index contributed by atoms with van der Waals surface area (Å²) in [5.41, 5.74) is 2.21. The predicted molar refractivity (Wildman–Crippen MR) is 104 cm³/mol. The number of carbonyl (C=O) groups excluding carboxylic acids is 1. The number of aromatic nitrogens is 2. The molecule has 0 unspecified atom stereocenters. The van der Waals surface area contributed by atoms with Crippen LogP contribution in [0.5, 0.6) is 5.88 Å². The second kappa shape index (κ2) is 7.55. The molecule has 0 spiro atoms. The Hall–Kier alpha value is -2.63. The molecule has 1 aliphatic heterocycles. The molecule has 0 atom stereocenters. The van der Waals surface area contributed by atoms with Gasteiger partial charge in [-0.15, -0.1) is 0 Å². The van der Waals surface area contributed by atoms with E-state index in [1.807, 2.05) is 65.0 Å². The van der Waals surface area contributed by atoms with Gasteiger partial charge in [-0.1, -0.05) is 30.3 Å². The summed E-state index contributed by atoms with van der Waals surface area (Å²) in [6.45, 7) is 10.5. The molecular formula is C21H27N3O3. The molecule has 27 heavy (non-hydrogen) atoms. The summed E-state index contributed by atoms with van der Waals surface area (Å²) in [7, 11) is 0. The van der Waals surface area contributed by atoms with E-state index in [0.717, 1.165) is 16.8 Å². The van der Waals surface area contributed by atoms with E-state index < -0.39 is 5.60 Å². The number of carbonyl (C=O) groups is 1. The molecule has 0 N–H and O–H groups in total. The van der Waals surface area contributed by atoms with Gasteiger partial charge in [0.2, 0.25) is 5.88 Å². The zero-order valence-electron chi connectivity index (χ0n) is 16.7. The van der Waals surface area contributed by atoms with Crippen molar-refractivity contribution in [2.45, 2.75) is 59.3 Å². The first kappa shape index (κ1) is 19.1. The lowest BCUT2D eigenvalue weighted by molar-refractivity contribution is 0.0220. The lowest BCUT2D eigenvalue weighted by Crippen LogP contribution is -2.40. The van der Waals surface area contributed by atoms with Gasteiger partial charge < -0.3 is 14.4 Å². The summed E-state index contributed by atoms with van der Waals surface area (Å²) in [6, 6.07) is 9.86. The molecule has 1 aromatic carbocycles. The molecule has 0 radical (unpaired) electrons. The lowest BCUT2D eigenvalue weighted by Gasteiger charge is -2.31. The summed E-state index contributed by atoms with van der Waals surface area (Å²) >= 11 is 0. The highest BCUT2D eigenvalue weighted by molar-refractivity contribution is 5.69. The van der Waals surface area contributed by atoms with Gasteiger partial charge in [0, 0.05) is 18.5 Å². The molecule has 0 aliphatic carbocycles. The number of ether oxygens (including phenoxy) is 2. The molecule has 0 fully saturated rings. The molecule has 0 bridgehead atoms. The van der Waals surface area contributed by atoms with E-state index >= 15 is 0 Å². The van der Waals surface area contributed by atoms with Crippen molar-refractivity contribution in [2.75, 3.05) is 6.54 Å². The normalized spacial score (nSPS) is 14.1. The Balaban J connectivity index is 1.94. The highest BCUT2D eigenvalue weighted by Gasteiger charge is 2.29. The minimum absolute atomic E-state index is 0.0236. The van der Waals surface area contributed by atoms with E-state index in [1.165, 1.54) is 0 Å². The molecule has 0 saturated heterocycles. The second-order valence-electron chi connectivity index (χ2n) is 7.96. The van der Waals surface area contributed by atoms with E-state index in [2.05, 4.69) is 4.98 Å². The van der Waals surface area contributed by atoms with Crippen molar-refractivity contribution in [1.82, 2.24) is 14.9 Å². The monoisotopic (exact) mass is 369 g/mol. The van der Waals surface area contributed by atoms with Crippen molar-refractivity contribution >= 4 is 6.09 Å². The van der Waals surface area contributed by atoms with E-state index in [0.29, 0.717) is 31.2 Å². The van der Waals surface area contributed by atoms with Gasteiger partial charge in [0.1, 0.15) is 5.60 Å². The van der Waals surface area contributed by atoms with Gasteiger partial charge in [0.15, 0.2) is 5.82 Å². The van der Waals surface area contributed by atoms with Gasteiger partial charge >= 0.3 is 6.09 Å². The van der Waals surface area contributed by atoms with Crippen molar-refractivity contribution in [3.05, 3.63) is 41.6 Å². The largest absolute Gasteiger partial charge is 0.475 e. The molecule has 2 aromatic rings. The Kier molecular flexibility index (Phi) is 5.35. The SMILES string of the molecule is CC(C)Oc1nc(-c2ccccc2)nc2c1CN(C(=O)OC(C)(C)C)CC2. The number of fused-ring (bicyclic) bond motifs is 1. The third-order valence-corrected chi connectivity index (χ3v) is 4.05. The van der Waals surface area contributed by atoms with Crippen LogP contribution in [0.4, 0.5) is 4.79 Å². The Morgan fingerprint density at radius 3 is 2.48 bits per heavy atom. The summed E-state index contributed by atoms with van der Waals surface area (Å²) in [6.07, 6.45) is 0.297. The number of amides is 1. The quantitative estimate of drug-likeness (QED) is 0.810. The Morgan fingerprint density at radius 1 is 1.15 bits per heavy atom. The Bertz CT molecular complexity index is 813. The molecule has 1 aliphatic rings. The van der Waals surface area contributed by atoms with Crippen LogP contribution in [0.3, 0.4) is 0 Å². The molecular weight excluding hydrogens is 342 g/mol. The molecule has 3 rings (SSSR count). The summed E-state index contributed by atoms with van der Waals surface area (Å²) in [4.78, 5) is 23.6. The maximum atomic E-state index is 12.5. The highest BCUT2D eigenvalue weighted by Crippen LogP contribution is 2.30. The van der Waals surface area contributed by atoms with Gasteiger partial charge in [-0.2, -0.15) is 4.98 Å². The fourth-order valence-corrected chi connectivity index (χ4v) is 2.90. The molecule has 6 heteroatoms. The van der Waals surface area contributed by atoms with Crippen molar-refractivity contribution in [3.63, 3.8) is 0 Å². The average Bonchev–Trinajstić information content (AvgIpc) is 2.60. The third-order valence-electron chi connectivity index (χ3n) is 4.05. The number of hydrogen-bond acceptors (Lipinski definition) is 5. The molecule has 1 amide bonds. The predicted octanol–water partition coefficient (Wildman–Crippen LogP) is 4.22. The Labute approximate surface area is 160 Å². The topological polar surface area (TPSA) is 64.6 Å². The number of benzene rings is 1. The number of nitrogens with zero attached hydrogens (tertiary/aromatic N) is 3. The van der Waals surface area contributed by atoms with Gasteiger partial charge in [-0.25, -0.2) is 9.78 Å². The zero-order chi connectivity index (χ0) is 19.6. The van der Waals surface area contributed by atoms with E-state index in [1.54, 1.807) is 4.90 Å². The standard InChI is InChI=1S/C21H27N3O3/c1-14(2)26-19-16-13-24(20(25)27-21(3,4)5)12-11-17(16)22-18(23-19)15-9-7-6-8-10-15/h6-10,14H,11-13H2,1-5H3. The number of hydrogen-bond donors (Lipinski definition) is 0.